The number of unbranched alkanes of at least 4 members (excludes halogenated alkanes) is 4. The number of amides is 1. The molecule has 0 bridgehead atoms. The van der Waals surface area contributed by atoms with E-state index in [2.05, 4.69) is 11.9 Å². The highest BCUT2D eigenvalue weighted by Crippen LogP contribution is 2.13. The molecule has 21 heavy (non-hydrogen) atoms. The summed E-state index contributed by atoms with van der Waals surface area (Å²) in [6.07, 6.45) is 8.92. The maximum absolute atomic E-state index is 12.0. The van der Waals surface area contributed by atoms with E-state index < -0.39 is 12.1 Å². The lowest BCUT2D eigenvalue weighted by atomic mass is 10.1. The molecule has 5 nitrogen and oxygen atoms in total. The van der Waals surface area contributed by atoms with Gasteiger partial charge in [0.15, 0.2) is 0 Å². The zero-order valence-corrected chi connectivity index (χ0v) is 12.9. The summed E-state index contributed by atoms with van der Waals surface area (Å²) < 4.78 is 10.1. The van der Waals surface area contributed by atoms with Crippen LogP contribution in [0.15, 0.2) is 12.7 Å². The highest BCUT2D eigenvalue weighted by Gasteiger charge is 2.28. The topological polar surface area (TPSA) is 64.6 Å². The van der Waals surface area contributed by atoms with Crippen LogP contribution in [0.2, 0.25) is 0 Å². The van der Waals surface area contributed by atoms with Crippen LogP contribution in [0.4, 0.5) is 0 Å². The Balaban J connectivity index is 2.31. The molecular formula is C16H27NO4. The number of esters is 1. The molecule has 1 aliphatic heterocycles. The molecule has 0 aromatic heterocycles. The zero-order valence-electron chi connectivity index (χ0n) is 12.9. The molecule has 0 unspecified atom stereocenters. The number of ether oxygens (including phenoxy) is 2. The number of hydrogen-bond acceptors (Lipinski definition) is 4. The van der Waals surface area contributed by atoms with Crippen molar-refractivity contribution in [2.24, 2.45) is 0 Å². The highest BCUT2D eigenvalue weighted by atomic mass is 16.5. The number of methoxy groups -OCH3 is 1. The largest absolute Gasteiger partial charge is 0.467 e. The van der Waals surface area contributed by atoms with E-state index in [0.717, 1.165) is 44.9 Å². The van der Waals surface area contributed by atoms with Gasteiger partial charge in [-0.25, -0.2) is 4.79 Å². The van der Waals surface area contributed by atoms with Crippen LogP contribution in [-0.2, 0) is 19.1 Å². The monoisotopic (exact) mass is 297 g/mol. The lowest BCUT2D eigenvalue weighted by molar-refractivity contribution is -0.146. The number of hydrogen-bond donors (Lipinski definition) is 1. The lowest BCUT2D eigenvalue weighted by Crippen LogP contribution is -2.45. The Bertz CT molecular complexity index is 337. The predicted molar refractivity (Wildman–Crippen MR) is 80.8 cm³/mol. The van der Waals surface area contributed by atoms with E-state index >= 15 is 0 Å². The molecule has 120 valence electrons. The van der Waals surface area contributed by atoms with Gasteiger partial charge in [-0.15, -0.1) is 6.58 Å². The standard InChI is InChI=1S/C16H27NO4/c1-3-4-5-6-7-8-10-13(16(19)20-2)17-15(18)14-11-9-12-21-14/h3,13-14H,1,4-12H2,2H3,(H,17,18)/t13-,14+/m1/s1. The van der Waals surface area contributed by atoms with E-state index in [1.807, 2.05) is 6.08 Å². The molecule has 1 heterocycles. The second-order valence-electron chi connectivity index (χ2n) is 5.37. The molecule has 2 atom stereocenters. The molecule has 1 N–H and O–H groups in total. The molecule has 1 saturated heterocycles. The molecule has 1 aliphatic rings. The Labute approximate surface area is 127 Å². The normalized spacial score (nSPS) is 19.0. The van der Waals surface area contributed by atoms with Gasteiger partial charge in [0.2, 0.25) is 5.91 Å². The second kappa shape index (κ2) is 10.4. The fourth-order valence-corrected chi connectivity index (χ4v) is 2.43. The third kappa shape index (κ3) is 6.76. The summed E-state index contributed by atoms with van der Waals surface area (Å²) in [6.45, 7) is 4.31. The van der Waals surface area contributed by atoms with Crippen molar-refractivity contribution in [3.05, 3.63) is 12.7 Å². The van der Waals surface area contributed by atoms with Gasteiger partial charge in [0.1, 0.15) is 12.1 Å². The van der Waals surface area contributed by atoms with Gasteiger partial charge in [-0.05, 0) is 32.1 Å². The fraction of sp³-hybridized carbons (Fsp3) is 0.750. The van der Waals surface area contributed by atoms with Crippen molar-refractivity contribution < 1.29 is 19.1 Å². The van der Waals surface area contributed by atoms with Gasteiger partial charge in [0, 0.05) is 6.61 Å². The Hall–Kier alpha value is -1.36. The first-order valence-corrected chi connectivity index (χ1v) is 7.79. The van der Waals surface area contributed by atoms with E-state index in [9.17, 15) is 9.59 Å². The SMILES string of the molecule is C=CCCCCCC[C@@H](NC(=O)[C@@H]1CCCO1)C(=O)OC. The van der Waals surface area contributed by atoms with Crippen LogP contribution in [0.1, 0.15) is 51.4 Å². The van der Waals surface area contributed by atoms with Gasteiger partial charge in [-0.1, -0.05) is 25.3 Å². The number of nitrogens with one attached hydrogen (secondary N) is 1. The van der Waals surface area contributed by atoms with Gasteiger partial charge in [0.25, 0.3) is 0 Å². The van der Waals surface area contributed by atoms with Crippen molar-refractivity contribution in [1.82, 2.24) is 5.32 Å². The van der Waals surface area contributed by atoms with Crippen LogP contribution >= 0.6 is 0 Å². The van der Waals surface area contributed by atoms with E-state index in [4.69, 9.17) is 9.47 Å². The lowest BCUT2D eigenvalue weighted by Gasteiger charge is -2.18. The van der Waals surface area contributed by atoms with Crippen molar-refractivity contribution in [3.8, 4) is 0 Å². The Morgan fingerprint density at radius 1 is 1.38 bits per heavy atom. The van der Waals surface area contributed by atoms with Crippen molar-refractivity contribution >= 4 is 11.9 Å². The van der Waals surface area contributed by atoms with Crippen molar-refractivity contribution in [3.63, 3.8) is 0 Å². The highest BCUT2D eigenvalue weighted by molar-refractivity contribution is 5.87. The summed E-state index contributed by atoms with van der Waals surface area (Å²) in [4.78, 5) is 23.7. The summed E-state index contributed by atoms with van der Waals surface area (Å²) in [6, 6.07) is -0.564. The summed E-state index contributed by atoms with van der Waals surface area (Å²) in [7, 11) is 1.34. The van der Waals surface area contributed by atoms with Crippen molar-refractivity contribution in [2.75, 3.05) is 13.7 Å². The van der Waals surface area contributed by atoms with Crippen LogP contribution in [0.3, 0.4) is 0 Å². The van der Waals surface area contributed by atoms with Crippen molar-refractivity contribution in [2.45, 2.75) is 63.5 Å². The third-order valence-electron chi connectivity index (χ3n) is 3.68. The minimum Gasteiger partial charge on any atom is -0.467 e. The Morgan fingerprint density at radius 2 is 2.14 bits per heavy atom. The third-order valence-corrected chi connectivity index (χ3v) is 3.68. The van der Waals surface area contributed by atoms with E-state index in [-0.39, 0.29) is 11.9 Å². The van der Waals surface area contributed by atoms with E-state index in [0.29, 0.717) is 13.0 Å². The average molecular weight is 297 g/mol. The maximum atomic E-state index is 12.0. The van der Waals surface area contributed by atoms with Crippen molar-refractivity contribution in [1.29, 1.82) is 0 Å². The quantitative estimate of drug-likeness (QED) is 0.382. The molecule has 0 spiro atoms. The molecule has 1 amide bonds. The predicted octanol–water partition coefficient (Wildman–Crippen LogP) is 2.35. The number of allylic oxidation sites excluding steroid dienone is 1. The first-order chi connectivity index (χ1) is 10.2. The Morgan fingerprint density at radius 3 is 2.76 bits per heavy atom. The van der Waals surface area contributed by atoms with Gasteiger partial charge in [-0.3, -0.25) is 4.79 Å². The van der Waals surface area contributed by atoms with Crippen LogP contribution in [-0.4, -0.2) is 37.7 Å². The van der Waals surface area contributed by atoms with E-state index in [1.165, 1.54) is 7.11 Å². The Kier molecular flexibility index (Phi) is 8.74. The van der Waals surface area contributed by atoms with E-state index in [1.54, 1.807) is 0 Å². The second-order valence-corrected chi connectivity index (χ2v) is 5.37. The molecule has 1 rings (SSSR count). The zero-order chi connectivity index (χ0) is 15.5. The molecule has 0 aromatic carbocycles. The first-order valence-electron chi connectivity index (χ1n) is 7.79. The van der Waals surface area contributed by atoms with Gasteiger partial charge in [0.05, 0.1) is 7.11 Å². The van der Waals surface area contributed by atoms with Crippen LogP contribution in [0, 0.1) is 0 Å². The van der Waals surface area contributed by atoms with Crippen LogP contribution in [0.5, 0.6) is 0 Å². The number of carbonyl (C=O) groups is 2. The average Bonchev–Trinajstić information content (AvgIpc) is 3.03. The number of carbonyl (C=O) groups excluding carboxylic acids is 2. The smallest absolute Gasteiger partial charge is 0.328 e. The summed E-state index contributed by atoms with van der Waals surface area (Å²) >= 11 is 0. The summed E-state index contributed by atoms with van der Waals surface area (Å²) in [5, 5.41) is 2.76. The molecule has 0 saturated carbocycles. The molecule has 0 radical (unpaired) electrons. The van der Waals surface area contributed by atoms with Crippen LogP contribution < -0.4 is 5.32 Å². The fourth-order valence-electron chi connectivity index (χ4n) is 2.43. The first kappa shape index (κ1) is 17.7. The summed E-state index contributed by atoms with van der Waals surface area (Å²) in [5.74, 6) is -0.581. The minimum absolute atomic E-state index is 0.199. The van der Waals surface area contributed by atoms with Gasteiger partial charge in [-0.2, -0.15) is 0 Å². The molecular weight excluding hydrogens is 270 g/mol. The molecule has 0 aromatic rings. The minimum atomic E-state index is -0.564. The number of rotatable bonds is 10. The van der Waals surface area contributed by atoms with Gasteiger partial charge >= 0.3 is 5.97 Å². The van der Waals surface area contributed by atoms with Gasteiger partial charge < -0.3 is 14.8 Å². The van der Waals surface area contributed by atoms with Crippen LogP contribution in [0.25, 0.3) is 0 Å². The molecule has 5 heteroatoms. The maximum Gasteiger partial charge on any atom is 0.328 e. The summed E-state index contributed by atoms with van der Waals surface area (Å²) in [5.41, 5.74) is 0. The molecule has 0 aliphatic carbocycles. The molecule has 1 fully saturated rings.